The topological polar surface area (TPSA) is 100 Å². The Hall–Kier alpha value is -1.99. The van der Waals surface area contributed by atoms with Gasteiger partial charge in [-0.25, -0.2) is 4.98 Å². The van der Waals surface area contributed by atoms with E-state index in [1.165, 1.54) is 11.3 Å². The average molecular weight is 329 g/mol. The van der Waals surface area contributed by atoms with E-state index in [1.54, 1.807) is 6.20 Å². The minimum absolute atomic E-state index is 0.0693. The van der Waals surface area contributed by atoms with Crippen LogP contribution < -0.4 is 11.3 Å². The number of nitrogens with two attached hydrogens (primary N) is 1. The molecule has 0 saturated heterocycles. The molecule has 1 aliphatic carbocycles. The van der Waals surface area contributed by atoms with E-state index in [4.69, 9.17) is 10.7 Å². The summed E-state index contributed by atoms with van der Waals surface area (Å²) in [5.74, 6) is 0.892. The fourth-order valence-corrected chi connectivity index (χ4v) is 4.42. The van der Waals surface area contributed by atoms with Crippen molar-refractivity contribution in [2.24, 2.45) is 5.73 Å². The molecule has 120 valence electrons. The number of aromatic nitrogens is 4. The molecule has 0 spiro atoms. The second-order valence-corrected chi connectivity index (χ2v) is 7.29. The Morgan fingerprint density at radius 1 is 1.35 bits per heavy atom. The lowest BCUT2D eigenvalue weighted by Crippen LogP contribution is -2.33. The highest BCUT2D eigenvalue weighted by Crippen LogP contribution is 2.34. The van der Waals surface area contributed by atoms with Gasteiger partial charge in [-0.15, -0.1) is 11.3 Å². The highest BCUT2D eigenvalue weighted by Gasteiger charge is 2.26. The Labute approximate surface area is 137 Å². The molecule has 1 saturated carbocycles. The van der Waals surface area contributed by atoms with Crippen molar-refractivity contribution in [3.05, 3.63) is 34.1 Å². The molecule has 0 bridgehead atoms. The first-order valence-electron chi connectivity index (χ1n) is 7.93. The molecule has 0 aliphatic heterocycles. The summed E-state index contributed by atoms with van der Waals surface area (Å²) in [6, 6.07) is 2.06. The number of thiophene rings is 1. The van der Waals surface area contributed by atoms with Gasteiger partial charge in [-0.2, -0.15) is 5.10 Å². The second-order valence-electron chi connectivity index (χ2n) is 6.24. The fraction of sp³-hybridized carbons (Fsp3) is 0.438. The van der Waals surface area contributed by atoms with Crippen LogP contribution in [0, 0.1) is 6.92 Å². The molecule has 1 fully saturated rings. The third-order valence-electron chi connectivity index (χ3n) is 4.67. The molecule has 3 aromatic rings. The summed E-state index contributed by atoms with van der Waals surface area (Å²) in [4.78, 5) is 21.2. The van der Waals surface area contributed by atoms with E-state index < -0.39 is 0 Å². The minimum Gasteiger partial charge on any atom is -0.327 e. The van der Waals surface area contributed by atoms with E-state index in [-0.39, 0.29) is 17.5 Å². The molecule has 3 heterocycles. The van der Waals surface area contributed by atoms with Gasteiger partial charge in [0.1, 0.15) is 10.5 Å². The van der Waals surface area contributed by atoms with Crippen LogP contribution in [-0.2, 0) is 0 Å². The van der Waals surface area contributed by atoms with Crippen LogP contribution in [0.25, 0.3) is 20.7 Å². The van der Waals surface area contributed by atoms with Crippen molar-refractivity contribution in [2.75, 3.05) is 0 Å². The van der Waals surface area contributed by atoms with Gasteiger partial charge in [-0.1, -0.05) is 12.8 Å². The molecule has 2 atom stereocenters. The molecule has 0 unspecified atom stereocenters. The number of nitrogens with zero attached hydrogens (tertiary/aromatic N) is 2. The highest BCUT2D eigenvalue weighted by molar-refractivity contribution is 7.22. The molecule has 4 rings (SSSR count). The third-order valence-corrected chi connectivity index (χ3v) is 5.82. The lowest BCUT2D eigenvalue weighted by molar-refractivity contribution is 0.373. The fourth-order valence-electron chi connectivity index (χ4n) is 3.36. The normalized spacial score (nSPS) is 21.8. The lowest BCUT2D eigenvalue weighted by atomic mass is 9.84. The van der Waals surface area contributed by atoms with Crippen LogP contribution >= 0.6 is 11.3 Å². The molecule has 1 aliphatic rings. The van der Waals surface area contributed by atoms with Crippen LogP contribution in [-0.4, -0.2) is 26.2 Å². The molecule has 4 N–H and O–H groups in total. The van der Waals surface area contributed by atoms with Gasteiger partial charge in [-0.3, -0.25) is 9.89 Å². The maximum atomic E-state index is 12.5. The van der Waals surface area contributed by atoms with Gasteiger partial charge < -0.3 is 10.7 Å². The Morgan fingerprint density at radius 2 is 2.17 bits per heavy atom. The smallest absolute Gasteiger partial charge is 0.268 e. The number of nitrogens with one attached hydrogen (secondary N) is 2. The number of hydrogen-bond donors (Lipinski definition) is 3. The standard InChI is InChI=1S/C16H19N5OS/c1-8-10(7-18-21-8)13-6-12-14(23-13)16(22)20-15(19-12)9-4-2-3-5-11(9)17/h6-7,9,11H,2-5,17H2,1H3,(H,18,21)(H,19,20,22)/t9-,11-/m1/s1. The van der Waals surface area contributed by atoms with Gasteiger partial charge in [0.2, 0.25) is 0 Å². The number of hydrogen-bond acceptors (Lipinski definition) is 5. The zero-order valence-corrected chi connectivity index (χ0v) is 13.7. The first-order chi connectivity index (χ1) is 11.1. The van der Waals surface area contributed by atoms with Crippen LogP contribution in [0.3, 0.4) is 0 Å². The highest BCUT2D eigenvalue weighted by atomic mass is 32.1. The molecular weight excluding hydrogens is 310 g/mol. The Morgan fingerprint density at radius 3 is 2.91 bits per heavy atom. The van der Waals surface area contributed by atoms with Crippen molar-refractivity contribution >= 4 is 21.6 Å². The van der Waals surface area contributed by atoms with Gasteiger partial charge >= 0.3 is 0 Å². The number of rotatable bonds is 2. The zero-order valence-electron chi connectivity index (χ0n) is 12.9. The van der Waals surface area contributed by atoms with Crippen LogP contribution in [0.4, 0.5) is 0 Å². The van der Waals surface area contributed by atoms with Gasteiger partial charge in [0.05, 0.1) is 11.7 Å². The lowest BCUT2D eigenvalue weighted by Gasteiger charge is -2.27. The van der Waals surface area contributed by atoms with E-state index >= 15 is 0 Å². The SMILES string of the molecule is Cc1[nH]ncc1-c1cc2nc([C@@H]3CCCC[C@H]3N)[nH]c(=O)c2s1. The first-order valence-corrected chi connectivity index (χ1v) is 8.75. The molecule has 23 heavy (non-hydrogen) atoms. The van der Waals surface area contributed by atoms with Crippen LogP contribution in [0.15, 0.2) is 17.1 Å². The molecule has 3 aromatic heterocycles. The van der Waals surface area contributed by atoms with Crippen LogP contribution in [0.5, 0.6) is 0 Å². The predicted molar refractivity (Wildman–Crippen MR) is 91.7 cm³/mol. The number of fused-ring (bicyclic) bond motifs is 1. The average Bonchev–Trinajstić information content (AvgIpc) is 3.13. The van der Waals surface area contributed by atoms with Gasteiger partial charge in [-0.05, 0) is 25.8 Å². The predicted octanol–water partition coefficient (Wildman–Crippen LogP) is 2.67. The van der Waals surface area contributed by atoms with Crippen molar-refractivity contribution < 1.29 is 0 Å². The summed E-state index contributed by atoms with van der Waals surface area (Å²) < 4.78 is 0.661. The molecule has 0 aromatic carbocycles. The van der Waals surface area contributed by atoms with Gasteiger partial charge in [0, 0.05) is 28.1 Å². The quantitative estimate of drug-likeness (QED) is 0.673. The summed E-state index contributed by atoms with van der Waals surface area (Å²) in [6.07, 6.45) is 6.07. The monoisotopic (exact) mass is 329 g/mol. The Balaban J connectivity index is 1.81. The molecular formula is C16H19N5OS. The third kappa shape index (κ3) is 2.49. The molecule has 6 nitrogen and oxygen atoms in total. The summed E-state index contributed by atoms with van der Waals surface area (Å²) >= 11 is 1.45. The first kappa shape index (κ1) is 14.6. The number of aromatic amines is 2. The zero-order chi connectivity index (χ0) is 16.0. The second kappa shape index (κ2) is 5.58. The van der Waals surface area contributed by atoms with E-state index in [0.717, 1.165) is 53.2 Å². The summed E-state index contributed by atoms with van der Waals surface area (Å²) in [7, 11) is 0. The van der Waals surface area contributed by atoms with Crippen molar-refractivity contribution in [2.45, 2.75) is 44.6 Å². The summed E-state index contributed by atoms with van der Waals surface area (Å²) in [6.45, 7) is 1.97. The van der Waals surface area contributed by atoms with Crippen LogP contribution in [0.1, 0.15) is 43.1 Å². The summed E-state index contributed by atoms with van der Waals surface area (Å²) in [5, 5.41) is 6.98. The minimum atomic E-state index is -0.0693. The van der Waals surface area contributed by atoms with Gasteiger partial charge in [0.25, 0.3) is 5.56 Å². The van der Waals surface area contributed by atoms with Crippen molar-refractivity contribution in [1.82, 2.24) is 20.2 Å². The maximum absolute atomic E-state index is 12.5. The van der Waals surface area contributed by atoms with Crippen LogP contribution in [0.2, 0.25) is 0 Å². The molecule has 7 heteroatoms. The Kier molecular flexibility index (Phi) is 3.54. The van der Waals surface area contributed by atoms with E-state index in [9.17, 15) is 4.79 Å². The molecule has 0 amide bonds. The van der Waals surface area contributed by atoms with E-state index in [2.05, 4.69) is 15.2 Å². The molecule has 0 radical (unpaired) electrons. The summed E-state index contributed by atoms with van der Waals surface area (Å²) in [5.41, 5.74) is 8.92. The number of H-pyrrole nitrogens is 2. The van der Waals surface area contributed by atoms with E-state index in [0.29, 0.717) is 4.70 Å². The number of aryl methyl sites for hydroxylation is 1. The van der Waals surface area contributed by atoms with Crippen molar-refractivity contribution in [3.63, 3.8) is 0 Å². The van der Waals surface area contributed by atoms with Gasteiger partial charge in [0.15, 0.2) is 0 Å². The van der Waals surface area contributed by atoms with Crippen molar-refractivity contribution in [3.8, 4) is 10.4 Å². The largest absolute Gasteiger partial charge is 0.327 e. The Bertz CT molecular complexity index is 909. The maximum Gasteiger partial charge on any atom is 0.268 e. The van der Waals surface area contributed by atoms with Crippen molar-refractivity contribution in [1.29, 1.82) is 0 Å². The van der Waals surface area contributed by atoms with E-state index in [1.807, 2.05) is 13.0 Å².